The van der Waals surface area contributed by atoms with E-state index in [9.17, 15) is 9.18 Å². The first-order valence-corrected chi connectivity index (χ1v) is 8.58. The predicted molar refractivity (Wildman–Crippen MR) is 97.8 cm³/mol. The van der Waals surface area contributed by atoms with Crippen molar-refractivity contribution in [2.75, 3.05) is 11.9 Å². The highest BCUT2D eigenvalue weighted by molar-refractivity contribution is 6.01. The number of furan rings is 2. The number of hydrogen-bond acceptors (Lipinski definition) is 5. The predicted octanol–water partition coefficient (Wildman–Crippen LogP) is 4.11. The molecular formula is C20H18FN3O3. The molecular weight excluding hydrogens is 349 g/mol. The minimum absolute atomic E-state index is 0.0192. The second-order valence-electron chi connectivity index (χ2n) is 6.32. The zero-order valence-electron chi connectivity index (χ0n) is 14.7. The van der Waals surface area contributed by atoms with E-state index < -0.39 is 0 Å². The van der Waals surface area contributed by atoms with Crippen molar-refractivity contribution in [2.45, 2.75) is 19.4 Å². The Morgan fingerprint density at radius 1 is 1.26 bits per heavy atom. The molecule has 27 heavy (non-hydrogen) atoms. The molecule has 138 valence electrons. The number of hydrogen-bond donors (Lipinski definition) is 1. The Morgan fingerprint density at radius 3 is 2.78 bits per heavy atom. The van der Waals surface area contributed by atoms with Crippen molar-refractivity contribution in [3.8, 4) is 0 Å². The molecule has 0 fully saturated rings. The van der Waals surface area contributed by atoms with Gasteiger partial charge in [-0.15, -0.1) is 0 Å². The third-order valence-electron chi connectivity index (χ3n) is 4.46. The van der Waals surface area contributed by atoms with Crippen LogP contribution in [0.3, 0.4) is 0 Å². The molecule has 0 saturated carbocycles. The van der Waals surface area contributed by atoms with Gasteiger partial charge in [-0.05, 0) is 48.9 Å². The number of carbonyl (C=O) groups is 1. The number of hydrazone groups is 1. The Balaban J connectivity index is 1.52. The van der Waals surface area contributed by atoms with Gasteiger partial charge in [-0.2, -0.15) is 5.10 Å². The van der Waals surface area contributed by atoms with Crippen LogP contribution in [0.1, 0.15) is 29.5 Å². The molecule has 0 radical (unpaired) electrons. The summed E-state index contributed by atoms with van der Waals surface area (Å²) < 4.78 is 24.6. The molecule has 4 rings (SSSR count). The third kappa shape index (κ3) is 3.48. The highest BCUT2D eigenvalue weighted by Gasteiger charge is 2.35. The van der Waals surface area contributed by atoms with Crippen molar-refractivity contribution in [3.05, 3.63) is 77.9 Å². The Kier molecular flexibility index (Phi) is 4.50. The first-order chi connectivity index (χ1) is 13.1. The summed E-state index contributed by atoms with van der Waals surface area (Å²) in [5.74, 6) is 0.699. The van der Waals surface area contributed by atoms with Crippen LogP contribution in [0.15, 0.2) is 68.9 Å². The molecule has 6 nitrogen and oxygen atoms in total. The van der Waals surface area contributed by atoms with Gasteiger partial charge < -0.3 is 14.2 Å². The van der Waals surface area contributed by atoms with Crippen molar-refractivity contribution < 1.29 is 18.0 Å². The lowest BCUT2D eigenvalue weighted by Gasteiger charge is -2.20. The van der Waals surface area contributed by atoms with Crippen molar-refractivity contribution >= 4 is 17.3 Å². The normalized spacial score (nSPS) is 16.4. The first kappa shape index (κ1) is 17.1. The summed E-state index contributed by atoms with van der Waals surface area (Å²) in [6.07, 6.45) is 3.62. The Labute approximate surface area is 155 Å². The average molecular weight is 367 g/mol. The molecule has 1 amide bonds. The van der Waals surface area contributed by atoms with Crippen LogP contribution in [0.5, 0.6) is 0 Å². The van der Waals surface area contributed by atoms with Gasteiger partial charge in [-0.25, -0.2) is 9.40 Å². The van der Waals surface area contributed by atoms with Gasteiger partial charge in [0.15, 0.2) is 0 Å². The first-order valence-electron chi connectivity index (χ1n) is 8.58. The number of anilines is 1. The van der Waals surface area contributed by atoms with E-state index in [0.717, 1.165) is 0 Å². The molecule has 0 saturated heterocycles. The van der Waals surface area contributed by atoms with Gasteiger partial charge in [-0.3, -0.25) is 4.79 Å². The van der Waals surface area contributed by atoms with Crippen molar-refractivity contribution in [2.24, 2.45) is 5.10 Å². The van der Waals surface area contributed by atoms with Crippen LogP contribution < -0.4 is 5.32 Å². The number of carbonyl (C=O) groups excluding carboxylic acids is 1. The number of halogens is 1. The maximum absolute atomic E-state index is 13.7. The highest BCUT2D eigenvalue weighted by atomic mass is 19.1. The monoisotopic (exact) mass is 367 g/mol. The molecule has 0 bridgehead atoms. The molecule has 1 aromatic carbocycles. The fourth-order valence-corrected chi connectivity index (χ4v) is 3.00. The summed E-state index contributed by atoms with van der Waals surface area (Å²) in [6.45, 7) is 1.67. The minimum Gasteiger partial charge on any atom is -0.467 e. The summed E-state index contributed by atoms with van der Waals surface area (Å²) in [6, 6.07) is 11.6. The van der Waals surface area contributed by atoms with Gasteiger partial charge in [0.25, 0.3) is 5.91 Å². The van der Waals surface area contributed by atoms with Crippen LogP contribution in [-0.4, -0.2) is 23.2 Å². The summed E-state index contributed by atoms with van der Waals surface area (Å²) >= 11 is 0. The molecule has 1 aliphatic rings. The summed E-state index contributed by atoms with van der Waals surface area (Å²) in [5.41, 5.74) is 1.77. The number of amides is 1. The SMILES string of the molecule is Cc1ccc(NCC(=O)N2N=C(c3ccco3)C[C@@H]2c2ccco2)cc1F. The zero-order chi connectivity index (χ0) is 18.8. The maximum atomic E-state index is 13.7. The molecule has 2 aromatic heterocycles. The van der Waals surface area contributed by atoms with Crippen molar-refractivity contribution in [3.63, 3.8) is 0 Å². The number of rotatable bonds is 5. The average Bonchev–Trinajstić information content (AvgIpc) is 3.41. The Hall–Kier alpha value is -3.35. The second kappa shape index (κ2) is 7.11. The molecule has 0 spiro atoms. The molecule has 1 N–H and O–H groups in total. The second-order valence-corrected chi connectivity index (χ2v) is 6.32. The van der Waals surface area contributed by atoms with Crippen LogP contribution in [-0.2, 0) is 4.79 Å². The van der Waals surface area contributed by atoms with Gasteiger partial charge >= 0.3 is 0 Å². The van der Waals surface area contributed by atoms with Crippen molar-refractivity contribution in [1.29, 1.82) is 0 Å². The fourth-order valence-electron chi connectivity index (χ4n) is 3.00. The standard InChI is InChI=1S/C20H18FN3O3/c1-13-6-7-14(10-15(13)21)22-12-20(25)24-17(19-5-3-9-27-19)11-16(23-24)18-4-2-8-26-18/h2-10,17,22H,11-12H2,1H3/t17-/m1/s1. The smallest absolute Gasteiger partial charge is 0.262 e. The molecule has 1 aliphatic heterocycles. The zero-order valence-corrected chi connectivity index (χ0v) is 14.7. The maximum Gasteiger partial charge on any atom is 0.262 e. The lowest BCUT2D eigenvalue weighted by atomic mass is 10.1. The van der Waals surface area contributed by atoms with E-state index in [-0.39, 0.29) is 24.3 Å². The lowest BCUT2D eigenvalue weighted by molar-refractivity contribution is -0.131. The molecule has 3 aromatic rings. The van der Waals surface area contributed by atoms with E-state index in [0.29, 0.717) is 34.9 Å². The van der Waals surface area contributed by atoms with Crippen LogP contribution >= 0.6 is 0 Å². The van der Waals surface area contributed by atoms with E-state index >= 15 is 0 Å². The van der Waals surface area contributed by atoms with Gasteiger partial charge in [0.2, 0.25) is 0 Å². The van der Waals surface area contributed by atoms with Crippen LogP contribution in [0.25, 0.3) is 0 Å². The molecule has 0 unspecified atom stereocenters. The lowest BCUT2D eigenvalue weighted by Crippen LogP contribution is -2.32. The topological polar surface area (TPSA) is 71.0 Å². The van der Waals surface area contributed by atoms with Gasteiger partial charge in [0.05, 0.1) is 19.1 Å². The third-order valence-corrected chi connectivity index (χ3v) is 4.46. The van der Waals surface area contributed by atoms with Crippen molar-refractivity contribution in [1.82, 2.24) is 5.01 Å². The fraction of sp³-hybridized carbons (Fsp3) is 0.200. The van der Waals surface area contributed by atoms with E-state index in [1.54, 1.807) is 49.8 Å². The molecule has 7 heteroatoms. The van der Waals surface area contributed by atoms with Gasteiger partial charge in [-0.1, -0.05) is 6.07 Å². The quantitative estimate of drug-likeness (QED) is 0.737. The number of benzene rings is 1. The Bertz CT molecular complexity index is 965. The van der Waals surface area contributed by atoms with E-state index in [1.807, 2.05) is 6.07 Å². The van der Waals surface area contributed by atoms with Gasteiger partial charge in [0.1, 0.15) is 29.1 Å². The summed E-state index contributed by atoms with van der Waals surface area (Å²) in [5, 5.41) is 8.79. The van der Waals surface area contributed by atoms with Crippen LogP contribution in [0, 0.1) is 12.7 Å². The van der Waals surface area contributed by atoms with Gasteiger partial charge in [0, 0.05) is 12.1 Å². The number of nitrogens with one attached hydrogen (secondary N) is 1. The Morgan fingerprint density at radius 2 is 2.07 bits per heavy atom. The summed E-state index contributed by atoms with van der Waals surface area (Å²) in [4.78, 5) is 12.8. The summed E-state index contributed by atoms with van der Waals surface area (Å²) in [7, 11) is 0. The van der Waals surface area contributed by atoms with Crippen LogP contribution in [0.2, 0.25) is 0 Å². The minimum atomic E-state index is -0.343. The van der Waals surface area contributed by atoms with E-state index in [1.165, 1.54) is 11.1 Å². The molecule has 1 atom stereocenters. The highest BCUT2D eigenvalue weighted by Crippen LogP contribution is 2.33. The number of nitrogens with zero attached hydrogens (tertiary/aromatic N) is 2. The molecule has 0 aliphatic carbocycles. The molecule has 3 heterocycles. The van der Waals surface area contributed by atoms with Crippen LogP contribution in [0.4, 0.5) is 10.1 Å². The van der Waals surface area contributed by atoms with E-state index in [4.69, 9.17) is 8.83 Å². The largest absolute Gasteiger partial charge is 0.467 e. The number of aryl methyl sites for hydroxylation is 1. The van der Waals surface area contributed by atoms with E-state index in [2.05, 4.69) is 10.4 Å².